The Labute approximate surface area is 136 Å². The molecule has 3 heterocycles. The molecule has 1 aliphatic heterocycles. The molecule has 0 bridgehead atoms. The van der Waals surface area contributed by atoms with Gasteiger partial charge >= 0.3 is 0 Å². The third-order valence-corrected chi connectivity index (χ3v) is 4.44. The Morgan fingerprint density at radius 2 is 2.09 bits per heavy atom. The molecule has 124 valence electrons. The Balaban J connectivity index is 1.69. The number of piperidine rings is 1. The molecular weight excluding hydrogens is 292 g/mol. The lowest BCUT2D eigenvalue weighted by Crippen LogP contribution is -2.40. The van der Waals surface area contributed by atoms with Crippen LogP contribution in [0.2, 0.25) is 0 Å². The van der Waals surface area contributed by atoms with Crippen LogP contribution in [0.25, 0.3) is 0 Å². The summed E-state index contributed by atoms with van der Waals surface area (Å²) in [5.41, 5.74) is 0.610. The smallest absolute Gasteiger partial charge is 0.254 e. The molecule has 2 aromatic heterocycles. The van der Waals surface area contributed by atoms with Gasteiger partial charge in [0.25, 0.3) is 5.91 Å². The Morgan fingerprint density at radius 3 is 2.70 bits per heavy atom. The molecule has 2 aromatic rings. The summed E-state index contributed by atoms with van der Waals surface area (Å²) in [7, 11) is 0. The lowest BCUT2D eigenvalue weighted by Gasteiger charge is -2.33. The fourth-order valence-electron chi connectivity index (χ4n) is 3.26. The fourth-order valence-corrected chi connectivity index (χ4v) is 3.26. The zero-order chi connectivity index (χ0) is 16.2. The molecule has 1 aliphatic rings. The normalized spacial score (nSPS) is 17.1. The van der Waals surface area contributed by atoms with Crippen molar-refractivity contribution in [1.29, 1.82) is 0 Å². The zero-order valence-electron chi connectivity index (χ0n) is 13.8. The molecule has 1 amide bonds. The molecule has 5 heteroatoms. The van der Waals surface area contributed by atoms with Crippen LogP contribution in [0, 0.1) is 13.8 Å². The van der Waals surface area contributed by atoms with Crippen molar-refractivity contribution in [3.63, 3.8) is 0 Å². The van der Waals surface area contributed by atoms with Gasteiger partial charge in [0, 0.05) is 6.54 Å². The van der Waals surface area contributed by atoms with Crippen molar-refractivity contribution in [1.82, 2.24) is 10.2 Å². The zero-order valence-corrected chi connectivity index (χ0v) is 13.8. The quantitative estimate of drug-likeness (QED) is 0.918. The van der Waals surface area contributed by atoms with Gasteiger partial charge in [-0.15, -0.1) is 0 Å². The van der Waals surface area contributed by atoms with Crippen LogP contribution in [0.1, 0.15) is 52.9 Å². The van der Waals surface area contributed by atoms with E-state index in [1.807, 2.05) is 26.0 Å². The van der Waals surface area contributed by atoms with E-state index < -0.39 is 0 Å². The van der Waals surface area contributed by atoms with Crippen LogP contribution < -0.4 is 5.32 Å². The number of furan rings is 2. The number of carbonyl (C=O) groups excluding carboxylic acids is 1. The van der Waals surface area contributed by atoms with Crippen molar-refractivity contribution in [2.24, 2.45) is 0 Å². The second-order valence-corrected chi connectivity index (χ2v) is 6.16. The highest BCUT2D eigenvalue weighted by Gasteiger charge is 2.25. The van der Waals surface area contributed by atoms with Gasteiger partial charge in [0.1, 0.15) is 17.3 Å². The van der Waals surface area contributed by atoms with Crippen molar-refractivity contribution in [2.45, 2.75) is 39.2 Å². The first kappa shape index (κ1) is 15.9. The molecule has 5 nitrogen and oxygen atoms in total. The molecule has 0 aromatic carbocycles. The van der Waals surface area contributed by atoms with E-state index in [1.165, 1.54) is 19.3 Å². The highest BCUT2D eigenvalue weighted by atomic mass is 16.3. The number of nitrogens with zero attached hydrogens (tertiary/aromatic N) is 1. The molecule has 0 spiro atoms. The van der Waals surface area contributed by atoms with Crippen LogP contribution in [-0.2, 0) is 0 Å². The van der Waals surface area contributed by atoms with E-state index in [0.717, 1.165) is 24.6 Å². The summed E-state index contributed by atoms with van der Waals surface area (Å²) in [4.78, 5) is 14.8. The topological polar surface area (TPSA) is 58.6 Å². The molecule has 0 aliphatic carbocycles. The molecule has 0 unspecified atom stereocenters. The summed E-state index contributed by atoms with van der Waals surface area (Å²) in [6.45, 7) is 6.30. The third kappa shape index (κ3) is 3.67. The average Bonchev–Trinajstić information content (AvgIpc) is 3.18. The van der Waals surface area contributed by atoms with Crippen LogP contribution in [0.15, 0.2) is 33.3 Å². The average molecular weight is 316 g/mol. The number of carbonyl (C=O) groups is 1. The van der Waals surface area contributed by atoms with Crippen molar-refractivity contribution in [3.05, 3.63) is 47.3 Å². The largest absolute Gasteiger partial charge is 0.468 e. The van der Waals surface area contributed by atoms with E-state index in [4.69, 9.17) is 8.83 Å². The van der Waals surface area contributed by atoms with Crippen LogP contribution in [-0.4, -0.2) is 30.4 Å². The van der Waals surface area contributed by atoms with Gasteiger partial charge in [0.15, 0.2) is 0 Å². The van der Waals surface area contributed by atoms with Crippen molar-refractivity contribution in [2.75, 3.05) is 19.6 Å². The van der Waals surface area contributed by atoms with Crippen LogP contribution in [0.5, 0.6) is 0 Å². The Morgan fingerprint density at radius 1 is 1.30 bits per heavy atom. The highest BCUT2D eigenvalue weighted by molar-refractivity contribution is 5.95. The summed E-state index contributed by atoms with van der Waals surface area (Å²) in [5, 5.41) is 3.04. The molecule has 3 rings (SSSR count). The van der Waals surface area contributed by atoms with E-state index in [9.17, 15) is 4.79 Å². The van der Waals surface area contributed by atoms with E-state index in [1.54, 1.807) is 12.3 Å². The maximum absolute atomic E-state index is 12.4. The van der Waals surface area contributed by atoms with Gasteiger partial charge in [-0.25, -0.2) is 0 Å². The van der Waals surface area contributed by atoms with Crippen LogP contribution >= 0.6 is 0 Å². The summed E-state index contributed by atoms with van der Waals surface area (Å²) < 4.78 is 11.0. The molecule has 23 heavy (non-hydrogen) atoms. The van der Waals surface area contributed by atoms with Gasteiger partial charge in [-0.2, -0.15) is 0 Å². The number of nitrogens with one attached hydrogen (secondary N) is 1. The van der Waals surface area contributed by atoms with E-state index >= 15 is 0 Å². The number of likely N-dealkylation sites (tertiary alicyclic amines) is 1. The SMILES string of the molecule is Cc1cc(C(=O)NC[C@H](c2ccco2)N2CCCCC2)c(C)o1. The van der Waals surface area contributed by atoms with Crippen LogP contribution in [0.3, 0.4) is 0 Å². The first-order chi connectivity index (χ1) is 11.1. The molecule has 0 radical (unpaired) electrons. The number of amides is 1. The minimum absolute atomic E-state index is 0.0857. The summed E-state index contributed by atoms with van der Waals surface area (Å²) in [6, 6.07) is 5.76. The minimum Gasteiger partial charge on any atom is -0.468 e. The molecule has 1 saturated heterocycles. The second-order valence-electron chi connectivity index (χ2n) is 6.16. The monoisotopic (exact) mass is 316 g/mol. The summed E-state index contributed by atoms with van der Waals surface area (Å²) in [5.74, 6) is 2.24. The first-order valence-corrected chi connectivity index (χ1v) is 8.28. The molecule has 1 atom stereocenters. The Bertz CT molecular complexity index is 639. The maximum Gasteiger partial charge on any atom is 0.254 e. The fraction of sp³-hybridized carbons (Fsp3) is 0.500. The highest BCUT2D eigenvalue weighted by Crippen LogP contribution is 2.24. The predicted molar refractivity (Wildman–Crippen MR) is 87.4 cm³/mol. The Hall–Kier alpha value is -2.01. The van der Waals surface area contributed by atoms with Crippen molar-refractivity contribution >= 4 is 5.91 Å². The standard InChI is InChI=1S/C18H24N2O3/c1-13-11-15(14(2)23-13)18(21)19-12-16(17-7-6-10-22-17)20-8-4-3-5-9-20/h6-7,10-11,16H,3-5,8-9,12H2,1-2H3,(H,19,21)/t16-/m1/s1. The number of aryl methyl sites for hydroxylation is 2. The lowest BCUT2D eigenvalue weighted by molar-refractivity contribution is 0.0912. The molecule has 1 fully saturated rings. The maximum atomic E-state index is 12.4. The molecular formula is C18H24N2O3. The van der Waals surface area contributed by atoms with E-state index in [-0.39, 0.29) is 11.9 Å². The van der Waals surface area contributed by atoms with Crippen molar-refractivity contribution in [3.8, 4) is 0 Å². The number of rotatable bonds is 5. The Kier molecular flexibility index (Phi) is 4.86. The summed E-state index contributed by atoms with van der Waals surface area (Å²) in [6.07, 6.45) is 5.37. The van der Waals surface area contributed by atoms with Gasteiger partial charge < -0.3 is 14.2 Å². The minimum atomic E-state index is -0.0899. The first-order valence-electron chi connectivity index (χ1n) is 8.28. The van der Waals surface area contributed by atoms with E-state index in [0.29, 0.717) is 17.9 Å². The summed E-state index contributed by atoms with van der Waals surface area (Å²) >= 11 is 0. The van der Waals surface area contributed by atoms with Gasteiger partial charge in [0.2, 0.25) is 0 Å². The van der Waals surface area contributed by atoms with E-state index in [2.05, 4.69) is 10.2 Å². The van der Waals surface area contributed by atoms with Gasteiger partial charge in [-0.05, 0) is 58.0 Å². The van der Waals surface area contributed by atoms with Crippen LogP contribution in [0.4, 0.5) is 0 Å². The molecule has 0 saturated carbocycles. The second kappa shape index (κ2) is 7.04. The van der Waals surface area contributed by atoms with Crippen molar-refractivity contribution < 1.29 is 13.6 Å². The van der Waals surface area contributed by atoms with Gasteiger partial charge in [-0.3, -0.25) is 9.69 Å². The predicted octanol–water partition coefficient (Wildman–Crippen LogP) is 3.45. The van der Waals surface area contributed by atoms with Gasteiger partial charge in [0.05, 0.1) is 17.9 Å². The number of hydrogen-bond donors (Lipinski definition) is 1. The lowest BCUT2D eigenvalue weighted by atomic mass is 10.1. The molecule has 1 N–H and O–H groups in total. The number of hydrogen-bond acceptors (Lipinski definition) is 4. The van der Waals surface area contributed by atoms with Gasteiger partial charge in [-0.1, -0.05) is 6.42 Å². The third-order valence-electron chi connectivity index (χ3n) is 4.44.